The lowest BCUT2D eigenvalue weighted by Gasteiger charge is -2.37. The van der Waals surface area contributed by atoms with Crippen molar-refractivity contribution < 1.29 is 27.5 Å². The van der Waals surface area contributed by atoms with E-state index in [1.807, 2.05) is 6.92 Å². The quantitative estimate of drug-likeness (QED) is 0.237. The predicted octanol–water partition coefficient (Wildman–Crippen LogP) is 6.74. The standard InChI is InChI=1S/C30H31Cl2F3N6O3/c1-27(2,30(33,34)35)17-29(19-6-8-20(31)9-7-19)24(42)41(25(36)38-29)23(16-44-26(43)39-28(3)11-12-28)18-5-10-21(32)22(15-18)40-14-4-13-37-40/h4-10,13-15,23H,11-12,16-17H2,1-3H3,(H2,36,38)(H,39,43)/t23-,29-/m1/s1. The van der Waals surface area contributed by atoms with Gasteiger partial charge in [0.05, 0.1) is 22.2 Å². The van der Waals surface area contributed by atoms with Crippen molar-refractivity contribution in [3.05, 3.63) is 82.1 Å². The first kappa shape index (κ1) is 31.6. The summed E-state index contributed by atoms with van der Waals surface area (Å²) >= 11 is 12.5. The van der Waals surface area contributed by atoms with E-state index in [0.717, 1.165) is 31.6 Å². The van der Waals surface area contributed by atoms with Crippen molar-refractivity contribution in [2.24, 2.45) is 5.41 Å². The molecule has 3 N–H and O–H groups in total. The summed E-state index contributed by atoms with van der Waals surface area (Å²) in [4.78, 5) is 28.3. The molecule has 2 heterocycles. The Labute approximate surface area is 262 Å². The van der Waals surface area contributed by atoms with E-state index in [2.05, 4.69) is 15.7 Å². The third kappa shape index (κ3) is 6.10. The van der Waals surface area contributed by atoms with E-state index in [4.69, 9.17) is 33.3 Å². The van der Waals surface area contributed by atoms with Crippen LogP contribution >= 0.6 is 23.2 Å². The number of hydrogen-bond acceptors (Lipinski definition) is 5. The number of carbonyl (C=O) groups is 2. The SMILES string of the molecule is CC1(NC(=O)OC[C@H](c2ccc(Cl)c(-n3cccn3)c2)N2C(=N)N[C@](CC(C)(C)C(F)(F)F)(c3ccc(Cl)cc3)C2=O)CC1. The Morgan fingerprint density at radius 2 is 1.86 bits per heavy atom. The summed E-state index contributed by atoms with van der Waals surface area (Å²) in [7, 11) is 0. The molecule has 0 unspecified atom stereocenters. The highest BCUT2D eigenvalue weighted by molar-refractivity contribution is 6.32. The van der Waals surface area contributed by atoms with E-state index in [0.29, 0.717) is 21.3 Å². The smallest absolute Gasteiger partial charge is 0.407 e. The molecule has 1 aliphatic heterocycles. The van der Waals surface area contributed by atoms with Crippen molar-refractivity contribution in [3.8, 4) is 5.69 Å². The molecule has 2 fully saturated rings. The zero-order chi connectivity index (χ0) is 32.1. The number of amides is 2. The second-order valence-electron chi connectivity index (χ2n) is 12.1. The molecule has 1 saturated carbocycles. The molecular weight excluding hydrogens is 620 g/mol. The minimum absolute atomic E-state index is 0.198. The van der Waals surface area contributed by atoms with Crippen LogP contribution in [0.15, 0.2) is 60.9 Å². The monoisotopic (exact) mass is 650 g/mol. The summed E-state index contributed by atoms with van der Waals surface area (Å²) in [5, 5.41) is 19.3. The van der Waals surface area contributed by atoms with E-state index in [1.165, 1.54) is 28.9 Å². The average Bonchev–Trinajstić information content (AvgIpc) is 3.32. The number of nitrogens with zero attached hydrogens (tertiary/aromatic N) is 3. The highest BCUT2D eigenvalue weighted by atomic mass is 35.5. The number of halogens is 5. The molecule has 0 spiro atoms. The van der Waals surface area contributed by atoms with Crippen molar-refractivity contribution in [2.75, 3.05) is 6.61 Å². The van der Waals surface area contributed by atoms with Gasteiger partial charge < -0.3 is 15.4 Å². The Bertz CT molecular complexity index is 1580. The maximum absolute atomic E-state index is 14.5. The van der Waals surface area contributed by atoms with Crippen LogP contribution in [0.25, 0.3) is 5.69 Å². The van der Waals surface area contributed by atoms with Crippen LogP contribution in [0.3, 0.4) is 0 Å². The topological polar surface area (TPSA) is 112 Å². The van der Waals surface area contributed by atoms with Crippen LogP contribution in [0.1, 0.15) is 57.2 Å². The molecule has 2 aromatic carbocycles. The van der Waals surface area contributed by atoms with Crippen molar-refractivity contribution in [3.63, 3.8) is 0 Å². The van der Waals surface area contributed by atoms with Gasteiger partial charge in [0.2, 0.25) is 0 Å². The highest BCUT2D eigenvalue weighted by Gasteiger charge is 2.60. The van der Waals surface area contributed by atoms with Gasteiger partial charge in [-0.25, -0.2) is 9.48 Å². The summed E-state index contributed by atoms with van der Waals surface area (Å²) in [6, 6.07) is 11.3. The third-order valence-electron chi connectivity index (χ3n) is 8.16. The van der Waals surface area contributed by atoms with E-state index in [-0.39, 0.29) is 11.1 Å². The lowest BCUT2D eigenvalue weighted by Crippen LogP contribution is -2.50. The first-order valence-corrected chi connectivity index (χ1v) is 14.6. The van der Waals surface area contributed by atoms with Gasteiger partial charge in [0.25, 0.3) is 5.91 Å². The minimum Gasteiger partial charge on any atom is -0.447 e. The minimum atomic E-state index is -4.67. The van der Waals surface area contributed by atoms with Gasteiger partial charge in [-0.1, -0.05) is 55.2 Å². The molecule has 9 nitrogen and oxygen atoms in total. The number of alkyl halides is 3. The molecule has 5 rings (SSSR count). The maximum atomic E-state index is 14.5. The number of benzene rings is 2. The molecule has 1 aromatic heterocycles. The molecule has 3 aromatic rings. The Morgan fingerprint density at radius 3 is 2.45 bits per heavy atom. The van der Waals surface area contributed by atoms with Crippen LogP contribution < -0.4 is 10.6 Å². The van der Waals surface area contributed by atoms with Crippen LogP contribution in [0, 0.1) is 10.8 Å². The van der Waals surface area contributed by atoms with E-state index in [1.54, 1.807) is 36.7 Å². The van der Waals surface area contributed by atoms with Crippen LogP contribution in [0.4, 0.5) is 18.0 Å². The van der Waals surface area contributed by atoms with Crippen molar-refractivity contribution in [2.45, 2.75) is 63.3 Å². The summed E-state index contributed by atoms with van der Waals surface area (Å²) in [5.41, 5.74) is -3.66. The van der Waals surface area contributed by atoms with Crippen molar-refractivity contribution >= 4 is 41.2 Å². The highest BCUT2D eigenvalue weighted by Crippen LogP contribution is 2.49. The molecule has 1 aliphatic carbocycles. The molecule has 14 heteroatoms. The largest absolute Gasteiger partial charge is 0.447 e. The number of rotatable bonds is 9. The fraction of sp³-hybridized carbons (Fsp3) is 0.400. The normalized spacial score (nSPS) is 20.3. The molecule has 2 aliphatic rings. The Morgan fingerprint density at radius 1 is 1.18 bits per heavy atom. The van der Waals surface area contributed by atoms with E-state index >= 15 is 0 Å². The summed E-state index contributed by atoms with van der Waals surface area (Å²) in [6.45, 7) is 3.47. The molecule has 44 heavy (non-hydrogen) atoms. The Balaban J connectivity index is 1.58. The second-order valence-corrected chi connectivity index (χ2v) is 12.9. The van der Waals surface area contributed by atoms with Crippen molar-refractivity contribution in [1.29, 1.82) is 5.41 Å². The molecule has 2 amide bonds. The number of aromatic nitrogens is 2. The first-order chi connectivity index (χ1) is 20.6. The van der Waals surface area contributed by atoms with Gasteiger partial charge >= 0.3 is 12.3 Å². The third-order valence-corrected chi connectivity index (χ3v) is 8.73. The zero-order valence-corrected chi connectivity index (χ0v) is 25.6. The van der Waals surface area contributed by atoms with Gasteiger partial charge in [0.1, 0.15) is 12.1 Å². The molecule has 2 atom stereocenters. The fourth-order valence-electron chi connectivity index (χ4n) is 5.23. The van der Waals surface area contributed by atoms with Crippen LogP contribution in [0.5, 0.6) is 0 Å². The van der Waals surface area contributed by atoms with E-state index in [9.17, 15) is 22.8 Å². The number of ether oxygens (including phenoxy) is 1. The molecule has 234 valence electrons. The van der Waals surface area contributed by atoms with Crippen LogP contribution in [0.2, 0.25) is 10.0 Å². The number of guanidine groups is 1. The van der Waals surface area contributed by atoms with Crippen LogP contribution in [-0.2, 0) is 15.1 Å². The van der Waals surface area contributed by atoms with Gasteiger partial charge in [0.15, 0.2) is 5.96 Å². The molecule has 0 radical (unpaired) electrons. The summed E-state index contributed by atoms with van der Waals surface area (Å²) < 4.78 is 49.8. The predicted molar refractivity (Wildman–Crippen MR) is 159 cm³/mol. The summed E-state index contributed by atoms with van der Waals surface area (Å²) in [5.74, 6) is -1.28. The lowest BCUT2D eigenvalue weighted by atomic mass is 9.74. The first-order valence-electron chi connectivity index (χ1n) is 13.8. The van der Waals surface area contributed by atoms with Gasteiger partial charge in [-0.3, -0.25) is 15.1 Å². The van der Waals surface area contributed by atoms with E-state index < -0.39 is 54.2 Å². The Hall–Kier alpha value is -3.77. The fourth-order valence-corrected chi connectivity index (χ4v) is 5.56. The number of carbonyl (C=O) groups excluding carboxylic acids is 2. The number of alkyl carbamates (subject to hydrolysis) is 1. The molecular formula is C30H31Cl2F3N6O3. The number of nitrogens with one attached hydrogen (secondary N) is 3. The van der Waals surface area contributed by atoms with Gasteiger partial charge in [0, 0.05) is 23.0 Å². The lowest BCUT2D eigenvalue weighted by molar-refractivity contribution is -0.218. The summed E-state index contributed by atoms with van der Waals surface area (Å²) in [6.07, 6.45) is -1.33. The van der Waals surface area contributed by atoms with Crippen molar-refractivity contribution in [1.82, 2.24) is 25.3 Å². The average molecular weight is 652 g/mol. The molecule has 0 bridgehead atoms. The van der Waals surface area contributed by atoms with Gasteiger partial charge in [-0.2, -0.15) is 18.3 Å². The van der Waals surface area contributed by atoms with Gasteiger partial charge in [-0.05, 0) is 67.6 Å². The van der Waals surface area contributed by atoms with Gasteiger partial charge in [-0.15, -0.1) is 0 Å². The Kier molecular flexibility index (Phi) is 8.13. The maximum Gasteiger partial charge on any atom is 0.407 e. The second kappa shape index (κ2) is 11.3. The van der Waals surface area contributed by atoms with Crippen LogP contribution in [-0.4, -0.2) is 51.0 Å². The molecule has 1 saturated heterocycles. The zero-order valence-electron chi connectivity index (χ0n) is 24.1. The number of hydrogen-bond donors (Lipinski definition) is 3.